The van der Waals surface area contributed by atoms with Crippen molar-refractivity contribution in [2.24, 2.45) is 0 Å². The van der Waals surface area contributed by atoms with Crippen molar-refractivity contribution in [3.05, 3.63) is 0 Å². The first-order valence-electron chi connectivity index (χ1n) is 5.28. The Labute approximate surface area is 87.1 Å². The number of nitrogens with zero attached hydrogens (tertiary/aromatic N) is 1. The Morgan fingerprint density at radius 3 is 2.43 bits per heavy atom. The van der Waals surface area contributed by atoms with Crippen LogP contribution in [0.5, 0.6) is 0 Å². The lowest BCUT2D eigenvalue weighted by molar-refractivity contribution is -0.0353. The van der Waals surface area contributed by atoms with Gasteiger partial charge in [-0.1, -0.05) is 0 Å². The average Bonchev–Trinajstić information content (AvgIpc) is 2.32. The topological polar surface area (TPSA) is 32.7 Å². The summed E-state index contributed by atoms with van der Waals surface area (Å²) in [5.74, 6) is 0. The maximum absolute atomic E-state index is 9.81. The molecule has 1 fully saturated rings. The quantitative estimate of drug-likeness (QED) is 0.746. The van der Waals surface area contributed by atoms with Gasteiger partial charge in [0.1, 0.15) is 0 Å². The minimum atomic E-state index is -0.213. The monoisotopic (exact) mass is 201 g/mol. The van der Waals surface area contributed by atoms with Crippen molar-refractivity contribution in [2.75, 3.05) is 20.2 Å². The van der Waals surface area contributed by atoms with Crippen LogP contribution < -0.4 is 0 Å². The van der Waals surface area contributed by atoms with Crippen molar-refractivity contribution in [1.29, 1.82) is 0 Å². The molecule has 3 nitrogen and oxygen atoms in total. The van der Waals surface area contributed by atoms with Crippen molar-refractivity contribution >= 4 is 0 Å². The molecule has 1 rings (SSSR count). The van der Waals surface area contributed by atoms with Gasteiger partial charge in [0.25, 0.3) is 0 Å². The number of rotatable bonds is 3. The molecule has 84 valence electrons. The van der Waals surface area contributed by atoms with Crippen LogP contribution in [0.1, 0.15) is 34.1 Å². The highest BCUT2D eigenvalue weighted by Crippen LogP contribution is 2.30. The number of likely N-dealkylation sites (tertiary alicyclic amines) is 1. The highest BCUT2D eigenvalue weighted by Gasteiger charge is 2.42. The number of aliphatic hydroxyl groups is 1. The van der Waals surface area contributed by atoms with Gasteiger partial charge in [0.05, 0.1) is 11.7 Å². The van der Waals surface area contributed by atoms with Crippen molar-refractivity contribution < 1.29 is 9.84 Å². The van der Waals surface area contributed by atoms with Gasteiger partial charge in [-0.25, -0.2) is 0 Å². The van der Waals surface area contributed by atoms with Crippen LogP contribution in [0.25, 0.3) is 0 Å². The van der Waals surface area contributed by atoms with E-state index >= 15 is 0 Å². The lowest BCUT2D eigenvalue weighted by Crippen LogP contribution is -2.50. The van der Waals surface area contributed by atoms with Crippen LogP contribution in [0.4, 0.5) is 0 Å². The van der Waals surface area contributed by atoms with Crippen LogP contribution in [-0.2, 0) is 4.74 Å². The molecule has 0 aromatic carbocycles. The molecule has 1 N–H and O–H groups in total. The Bertz CT molecular complexity index is 201. The molecule has 0 bridgehead atoms. The summed E-state index contributed by atoms with van der Waals surface area (Å²) < 4.78 is 5.40. The highest BCUT2D eigenvalue weighted by molar-refractivity contribution is 4.97. The van der Waals surface area contributed by atoms with E-state index in [0.29, 0.717) is 0 Å². The first-order valence-corrected chi connectivity index (χ1v) is 5.28. The molecule has 0 aromatic heterocycles. The van der Waals surface area contributed by atoms with E-state index in [4.69, 9.17) is 4.74 Å². The minimum Gasteiger partial charge on any atom is -0.391 e. The summed E-state index contributed by atoms with van der Waals surface area (Å²) in [4.78, 5) is 2.31. The third kappa shape index (κ3) is 2.27. The van der Waals surface area contributed by atoms with Gasteiger partial charge in [0.2, 0.25) is 0 Å². The second-order valence-electron chi connectivity index (χ2n) is 5.34. The summed E-state index contributed by atoms with van der Waals surface area (Å²) in [6.07, 6.45) is 0.655. The molecule has 1 atom stereocenters. The molecule has 0 aromatic rings. The second kappa shape index (κ2) is 3.80. The number of aliphatic hydroxyl groups excluding tert-OH is 1. The van der Waals surface area contributed by atoms with E-state index in [9.17, 15) is 5.11 Å². The van der Waals surface area contributed by atoms with Gasteiger partial charge in [0.15, 0.2) is 0 Å². The second-order valence-corrected chi connectivity index (χ2v) is 5.34. The fourth-order valence-corrected chi connectivity index (χ4v) is 1.94. The molecule has 14 heavy (non-hydrogen) atoms. The van der Waals surface area contributed by atoms with Crippen molar-refractivity contribution in [2.45, 2.75) is 51.4 Å². The molecular formula is C11H23NO2. The van der Waals surface area contributed by atoms with Crippen LogP contribution >= 0.6 is 0 Å². The van der Waals surface area contributed by atoms with Gasteiger partial charge in [-0.2, -0.15) is 0 Å². The van der Waals surface area contributed by atoms with E-state index in [0.717, 1.165) is 19.5 Å². The highest BCUT2D eigenvalue weighted by atomic mass is 16.5. The Balaban J connectivity index is 2.63. The van der Waals surface area contributed by atoms with Gasteiger partial charge in [-0.3, -0.25) is 4.90 Å². The molecule has 1 aliphatic heterocycles. The molecular weight excluding hydrogens is 178 g/mol. The zero-order valence-electron chi connectivity index (χ0n) is 10.0. The zero-order chi connectivity index (χ0) is 11.0. The molecule has 0 radical (unpaired) electrons. The maximum Gasteiger partial charge on any atom is 0.0749 e. The van der Waals surface area contributed by atoms with E-state index in [1.54, 1.807) is 7.11 Å². The molecule has 0 amide bonds. The number of hydrogen-bond acceptors (Lipinski definition) is 3. The molecule has 1 unspecified atom stereocenters. The molecule has 1 heterocycles. The van der Waals surface area contributed by atoms with Gasteiger partial charge in [-0.05, 0) is 34.1 Å². The molecule has 0 spiro atoms. The smallest absolute Gasteiger partial charge is 0.0749 e. The summed E-state index contributed by atoms with van der Waals surface area (Å²) in [5, 5.41) is 9.81. The predicted octanol–water partition coefficient (Wildman–Crippen LogP) is 1.26. The largest absolute Gasteiger partial charge is 0.391 e. The first kappa shape index (κ1) is 12.0. The van der Waals surface area contributed by atoms with E-state index in [1.807, 2.05) is 0 Å². The van der Waals surface area contributed by atoms with E-state index in [-0.39, 0.29) is 17.2 Å². The summed E-state index contributed by atoms with van der Waals surface area (Å²) in [5.41, 5.74) is -0.253. The Morgan fingerprint density at radius 2 is 2.07 bits per heavy atom. The van der Waals surface area contributed by atoms with Gasteiger partial charge in [0, 0.05) is 25.7 Å². The van der Waals surface area contributed by atoms with E-state index in [1.165, 1.54) is 0 Å². The molecule has 0 aliphatic carbocycles. The summed E-state index contributed by atoms with van der Waals surface area (Å²) >= 11 is 0. The van der Waals surface area contributed by atoms with Crippen molar-refractivity contribution in [3.63, 3.8) is 0 Å². The van der Waals surface area contributed by atoms with E-state index < -0.39 is 0 Å². The summed E-state index contributed by atoms with van der Waals surface area (Å²) in [7, 11) is 1.74. The van der Waals surface area contributed by atoms with E-state index in [2.05, 4.69) is 32.6 Å². The maximum atomic E-state index is 9.81. The predicted molar refractivity (Wildman–Crippen MR) is 57.4 cm³/mol. The summed E-state index contributed by atoms with van der Waals surface area (Å²) in [6.45, 7) is 10.2. The van der Waals surface area contributed by atoms with Crippen LogP contribution in [0, 0.1) is 0 Å². The lowest BCUT2D eigenvalue weighted by Gasteiger charge is -2.38. The molecule has 3 heteroatoms. The van der Waals surface area contributed by atoms with Gasteiger partial charge in [-0.15, -0.1) is 0 Å². The first-order chi connectivity index (χ1) is 6.29. The minimum absolute atomic E-state index is 0.115. The van der Waals surface area contributed by atoms with Gasteiger partial charge < -0.3 is 9.84 Å². The number of methoxy groups -OCH3 is 1. The SMILES string of the molecule is COC(C)(C)CN1CCC(O)C1(C)C. The fraction of sp³-hybridized carbons (Fsp3) is 1.00. The fourth-order valence-electron chi connectivity index (χ4n) is 1.94. The summed E-state index contributed by atoms with van der Waals surface area (Å²) in [6, 6.07) is 0. The lowest BCUT2D eigenvalue weighted by atomic mass is 9.97. The number of ether oxygens (including phenoxy) is 1. The third-order valence-corrected chi connectivity index (χ3v) is 3.43. The number of hydrogen-bond donors (Lipinski definition) is 1. The van der Waals surface area contributed by atoms with Crippen molar-refractivity contribution in [3.8, 4) is 0 Å². The Morgan fingerprint density at radius 1 is 1.50 bits per heavy atom. The third-order valence-electron chi connectivity index (χ3n) is 3.43. The molecule has 0 saturated carbocycles. The van der Waals surface area contributed by atoms with Crippen molar-refractivity contribution in [1.82, 2.24) is 4.90 Å². The molecule has 1 saturated heterocycles. The van der Waals surface area contributed by atoms with Crippen LogP contribution in [-0.4, -0.2) is 47.4 Å². The van der Waals surface area contributed by atoms with Gasteiger partial charge >= 0.3 is 0 Å². The van der Waals surface area contributed by atoms with Crippen LogP contribution in [0.3, 0.4) is 0 Å². The zero-order valence-corrected chi connectivity index (χ0v) is 10.0. The Kier molecular flexibility index (Phi) is 3.24. The van der Waals surface area contributed by atoms with Crippen LogP contribution in [0.2, 0.25) is 0 Å². The Hall–Kier alpha value is -0.120. The standard InChI is InChI=1S/C11H23NO2/c1-10(2,14-5)8-12-7-6-9(13)11(12,3)4/h9,13H,6-8H2,1-5H3. The average molecular weight is 201 g/mol. The van der Waals surface area contributed by atoms with Crippen LogP contribution in [0.15, 0.2) is 0 Å². The normalized spacial score (nSPS) is 28.3. The molecule has 1 aliphatic rings.